The zero-order chi connectivity index (χ0) is 15.6. The highest BCUT2D eigenvalue weighted by atomic mass is 35.5. The number of nitrogens with one attached hydrogen (secondary N) is 1. The van der Waals surface area contributed by atoms with Crippen LogP contribution in [0.3, 0.4) is 0 Å². The Kier molecular flexibility index (Phi) is 4.51. The van der Waals surface area contributed by atoms with E-state index in [-0.39, 0.29) is 22.2 Å². The average Bonchev–Trinajstić information content (AvgIpc) is 2.42. The number of hydrogen-bond acceptors (Lipinski definition) is 3. The molecule has 0 heterocycles. The van der Waals surface area contributed by atoms with E-state index in [9.17, 15) is 12.8 Å². The van der Waals surface area contributed by atoms with Gasteiger partial charge in [0.25, 0.3) is 10.0 Å². The third-order valence-electron chi connectivity index (χ3n) is 2.89. The van der Waals surface area contributed by atoms with Crippen LogP contribution in [0.4, 0.5) is 10.1 Å². The van der Waals surface area contributed by atoms with Gasteiger partial charge in [0.15, 0.2) is 0 Å². The van der Waals surface area contributed by atoms with Gasteiger partial charge in [-0.2, -0.15) is 0 Å². The summed E-state index contributed by atoms with van der Waals surface area (Å²) in [4.78, 5) is -0.132. The highest BCUT2D eigenvalue weighted by Gasteiger charge is 2.20. The molecule has 0 bridgehead atoms. The number of nitrogens with two attached hydrogens (primary N) is 1. The normalized spacial score (nSPS) is 11.4. The van der Waals surface area contributed by atoms with Crippen LogP contribution >= 0.6 is 11.6 Å². The van der Waals surface area contributed by atoms with Gasteiger partial charge in [0, 0.05) is 6.54 Å². The topological polar surface area (TPSA) is 72.2 Å². The summed E-state index contributed by atoms with van der Waals surface area (Å²) in [7, 11) is -3.99. The van der Waals surface area contributed by atoms with Gasteiger partial charge in [0.1, 0.15) is 10.7 Å². The van der Waals surface area contributed by atoms with Crippen LogP contribution in [0.1, 0.15) is 11.1 Å². The van der Waals surface area contributed by atoms with E-state index in [1.807, 2.05) is 0 Å². The van der Waals surface area contributed by atoms with Crippen LogP contribution in [0.15, 0.2) is 41.3 Å². The van der Waals surface area contributed by atoms with Gasteiger partial charge in [-0.05, 0) is 42.3 Å². The van der Waals surface area contributed by atoms with Crippen LogP contribution in [-0.2, 0) is 16.6 Å². The van der Waals surface area contributed by atoms with E-state index in [1.54, 1.807) is 19.1 Å². The first-order chi connectivity index (χ1) is 9.83. The van der Waals surface area contributed by atoms with E-state index in [4.69, 9.17) is 17.3 Å². The van der Waals surface area contributed by atoms with Gasteiger partial charge in [0.05, 0.1) is 10.7 Å². The van der Waals surface area contributed by atoms with E-state index in [0.29, 0.717) is 11.1 Å². The van der Waals surface area contributed by atoms with E-state index >= 15 is 0 Å². The second-order valence-electron chi connectivity index (χ2n) is 4.56. The van der Waals surface area contributed by atoms with Crippen molar-refractivity contribution >= 4 is 27.3 Å². The molecular formula is C14H14ClFN2O2S. The van der Waals surface area contributed by atoms with Gasteiger partial charge in [-0.1, -0.05) is 23.7 Å². The predicted octanol–water partition coefficient (Wildman–Crippen LogP) is 3.05. The summed E-state index contributed by atoms with van der Waals surface area (Å²) < 4.78 is 40.6. The summed E-state index contributed by atoms with van der Waals surface area (Å²) in [5.41, 5.74) is 6.67. The van der Waals surface area contributed by atoms with Crippen molar-refractivity contribution in [1.82, 2.24) is 0 Å². The van der Waals surface area contributed by atoms with E-state index in [2.05, 4.69) is 4.72 Å². The fourth-order valence-electron chi connectivity index (χ4n) is 1.78. The fourth-order valence-corrected chi connectivity index (χ4v) is 3.40. The highest BCUT2D eigenvalue weighted by molar-refractivity contribution is 7.92. The smallest absolute Gasteiger partial charge is 0.263 e. The molecule has 4 nitrogen and oxygen atoms in total. The zero-order valence-electron chi connectivity index (χ0n) is 11.2. The molecule has 2 aromatic rings. The van der Waals surface area contributed by atoms with Crippen LogP contribution in [0.25, 0.3) is 0 Å². The highest BCUT2D eigenvalue weighted by Crippen LogP contribution is 2.26. The SMILES string of the molecule is Cc1ccc(NS(=O)(=O)c2cc(CN)ccc2Cl)c(F)c1. The summed E-state index contributed by atoms with van der Waals surface area (Å²) in [6.07, 6.45) is 0. The number of aryl methyl sites for hydroxylation is 1. The van der Waals surface area contributed by atoms with Gasteiger partial charge in [-0.25, -0.2) is 12.8 Å². The second kappa shape index (κ2) is 6.01. The Balaban J connectivity index is 2.43. The van der Waals surface area contributed by atoms with Crippen molar-refractivity contribution in [2.75, 3.05) is 4.72 Å². The summed E-state index contributed by atoms with van der Waals surface area (Å²) in [6.45, 7) is 1.89. The molecule has 0 fully saturated rings. The second-order valence-corrected chi connectivity index (χ2v) is 6.62. The number of rotatable bonds is 4. The van der Waals surface area contributed by atoms with Gasteiger partial charge >= 0.3 is 0 Å². The van der Waals surface area contributed by atoms with E-state index < -0.39 is 15.8 Å². The minimum absolute atomic E-state index is 0.0484. The van der Waals surface area contributed by atoms with Crippen molar-refractivity contribution in [3.8, 4) is 0 Å². The maximum absolute atomic E-state index is 13.8. The van der Waals surface area contributed by atoms with Gasteiger partial charge in [0.2, 0.25) is 0 Å². The van der Waals surface area contributed by atoms with Crippen LogP contribution in [-0.4, -0.2) is 8.42 Å². The molecular weight excluding hydrogens is 315 g/mol. The Hall–Kier alpha value is -1.63. The monoisotopic (exact) mass is 328 g/mol. The zero-order valence-corrected chi connectivity index (χ0v) is 12.8. The molecule has 2 aromatic carbocycles. The molecule has 0 saturated carbocycles. The Morgan fingerprint density at radius 2 is 1.95 bits per heavy atom. The Bertz CT molecular complexity index is 779. The minimum atomic E-state index is -3.99. The lowest BCUT2D eigenvalue weighted by molar-refractivity contribution is 0.598. The fraction of sp³-hybridized carbons (Fsp3) is 0.143. The summed E-state index contributed by atoms with van der Waals surface area (Å²) in [5.74, 6) is -0.648. The molecule has 21 heavy (non-hydrogen) atoms. The Morgan fingerprint density at radius 1 is 1.24 bits per heavy atom. The molecule has 0 spiro atoms. The van der Waals surface area contributed by atoms with Crippen molar-refractivity contribution in [3.05, 3.63) is 58.4 Å². The molecule has 0 saturated heterocycles. The molecule has 0 aliphatic carbocycles. The van der Waals surface area contributed by atoms with Crippen LogP contribution in [0, 0.1) is 12.7 Å². The third kappa shape index (κ3) is 3.53. The molecule has 0 aliphatic heterocycles. The van der Waals surface area contributed by atoms with E-state index in [1.165, 1.54) is 24.3 Å². The van der Waals surface area contributed by atoms with Crippen molar-refractivity contribution in [3.63, 3.8) is 0 Å². The van der Waals surface area contributed by atoms with Crippen LogP contribution < -0.4 is 10.5 Å². The number of halogens is 2. The quantitative estimate of drug-likeness (QED) is 0.906. The lowest BCUT2D eigenvalue weighted by Gasteiger charge is -2.11. The van der Waals surface area contributed by atoms with Crippen molar-refractivity contribution in [1.29, 1.82) is 0 Å². The first-order valence-electron chi connectivity index (χ1n) is 6.11. The lowest BCUT2D eigenvalue weighted by atomic mass is 10.2. The molecule has 3 N–H and O–H groups in total. The Morgan fingerprint density at radius 3 is 2.57 bits per heavy atom. The van der Waals surface area contributed by atoms with Gasteiger partial charge in [-0.15, -0.1) is 0 Å². The number of sulfonamides is 1. The molecule has 112 valence electrons. The number of hydrogen-bond donors (Lipinski definition) is 2. The minimum Gasteiger partial charge on any atom is -0.326 e. The number of benzene rings is 2. The average molecular weight is 329 g/mol. The molecule has 7 heteroatoms. The first-order valence-corrected chi connectivity index (χ1v) is 7.97. The molecule has 0 unspecified atom stereocenters. The van der Waals surface area contributed by atoms with Crippen molar-refractivity contribution in [2.45, 2.75) is 18.4 Å². The van der Waals surface area contributed by atoms with Crippen LogP contribution in [0.2, 0.25) is 5.02 Å². The lowest BCUT2D eigenvalue weighted by Crippen LogP contribution is -2.15. The molecule has 0 aliphatic rings. The largest absolute Gasteiger partial charge is 0.326 e. The van der Waals surface area contributed by atoms with Gasteiger partial charge in [-0.3, -0.25) is 4.72 Å². The molecule has 2 rings (SSSR count). The summed E-state index contributed by atoms with van der Waals surface area (Å²) >= 11 is 5.92. The van der Waals surface area contributed by atoms with Crippen LogP contribution in [0.5, 0.6) is 0 Å². The third-order valence-corrected chi connectivity index (χ3v) is 4.74. The maximum Gasteiger partial charge on any atom is 0.263 e. The maximum atomic E-state index is 13.8. The number of anilines is 1. The van der Waals surface area contributed by atoms with Crippen molar-refractivity contribution < 1.29 is 12.8 Å². The van der Waals surface area contributed by atoms with Gasteiger partial charge < -0.3 is 5.73 Å². The first kappa shape index (κ1) is 15.8. The standard InChI is InChI=1S/C14H14ClFN2O2S/c1-9-2-5-13(12(16)6-9)18-21(19,20)14-7-10(8-17)3-4-11(14)15/h2-7,18H,8,17H2,1H3. The van der Waals surface area contributed by atoms with Crippen molar-refractivity contribution in [2.24, 2.45) is 5.73 Å². The summed E-state index contributed by atoms with van der Waals surface area (Å²) in [5, 5.41) is 0.0484. The molecule has 0 aromatic heterocycles. The summed E-state index contributed by atoms with van der Waals surface area (Å²) in [6, 6.07) is 8.67. The predicted molar refractivity (Wildman–Crippen MR) is 81.3 cm³/mol. The molecule has 0 atom stereocenters. The van der Waals surface area contributed by atoms with E-state index in [0.717, 1.165) is 0 Å². The Labute approximate surface area is 127 Å². The molecule has 0 amide bonds. The molecule has 0 radical (unpaired) electrons.